The molecule has 1 aliphatic heterocycles. The summed E-state index contributed by atoms with van der Waals surface area (Å²) in [6.07, 6.45) is 0. The lowest BCUT2D eigenvalue weighted by Gasteiger charge is -2.08. The summed E-state index contributed by atoms with van der Waals surface area (Å²) < 4.78 is 0. The number of hydrogen-bond acceptors (Lipinski definition) is 4. The normalized spacial score (nSPS) is 18.5. The van der Waals surface area contributed by atoms with Gasteiger partial charge in [0.25, 0.3) is 0 Å². The van der Waals surface area contributed by atoms with Gasteiger partial charge in [0.1, 0.15) is 0 Å². The Morgan fingerprint density at radius 2 is 2.50 bits per heavy atom. The van der Waals surface area contributed by atoms with Gasteiger partial charge in [-0.3, -0.25) is 4.99 Å². The van der Waals surface area contributed by atoms with Crippen LogP contribution in [0.3, 0.4) is 0 Å². The molecule has 0 radical (unpaired) electrons. The van der Waals surface area contributed by atoms with Crippen molar-refractivity contribution in [3.8, 4) is 6.07 Å². The molecular weight excluding hydrogens is 200 g/mol. The number of rotatable bonds is 2. The van der Waals surface area contributed by atoms with Crippen LogP contribution in [0.2, 0.25) is 0 Å². The number of nitriles is 1. The van der Waals surface area contributed by atoms with E-state index in [0.717, 1.165) is 18.1 Å². The van der Waals surface area contributed by atoms with Gasteiger partial charge in [-0.05, 0) is 24.6 Å². The second-order valence-corrected chi connectivity index (χ2v) is 3.90. The molecule has 0 fully saturated rings. The molecule has 1 atom stereocenters. The largest absolute Gasteiger partial charge is 0.352 e. The second-order valence-electron chi connectivity index (χ2n) is 3.90. The van der Waals surface area contributed by atoms with Crippen LogP contribution < -0.4 is 10.6 Å². The van der Waals surface area contributed by atoms with Gasteiger partial charge in [0.15, 0.2) is 5.96 Å². The number of guanidine groups is 1. The Bertz CT molecular complexity index is 445. The summed E-state index contributed by atoms with van der Waals surface area (Å²) in [6, 6.07) is 10.1. The highest BCUT2D eigenvalue weighted by Gasteiger charge is 2.11. The van der Waals surface area contributed by atoms with Crippen molar-refractivity contribution in [3.63, 3.8) is 0 Å². The molecule has 0 amide bonds. The molecule has 0 aliphatic carbocycles. The van der Waals surface area contributed by atoms with Gasteiger partial charge in [-0.1, -0.05) is 12.1 Å². The molecular formula is C12H14N4. The molecule has 16 heavy (non-hydrogen) atoms. The lowest BCUT2D eigenvalue weighted by molar-refractivity contribution is 0.713. The molecule has 0 aromatic heterocycles. The van der Waals surface area contributed by atoms with Crippen LogP contribution in [0.25, 0.3) is 0 Å². The number of aliphatic imine (C=N–C) groups is 1. The van der Waals surface area contributed by atoms with Gasteiger partial charge in [-0.25, -0.2) is 0 Å². The molecule has 2 N–H and O–H groups in total. The SMILES string of the molecule is CC1CN=C(NCc2cccc(C#N)c2)N1. The Hall–Kier alpha value is -2.02. The molecule has 4 heteroatoms. The first kappa shape index (κ1) is 10.5. The minimum Gasteiger partial charge on any atom is -0.352 e. The zero-order chi connectivity index (χ0) is 11.4. The van der Waals surface area contributed by atoms with Crippen molar-refractivity contribution in [1.29, 1.82) is 5.26 Å². The molecule has 0 bridgehead atoms. The van der Waals surface area contributed by atoms with Crippen LogP contribution in [0.4, 0.5) is 0 Å². The van der Waals surface area contributed by atoms with E-state index < -0.39 is 0 Å². The van der Waals surface area contributed by atoms with Crippen LogP contribution in [0.1, 0.15) is 18.1 Å². The van der Waals surface area contributed by atoms with Gasteiger partial charge < -0.3 is 10.6 Å². The minimum atomic E-state index is 0.410. The van der Waals surface area contributed by atoms with E-state index in [-0.39, 0.29) is 0 Å². The maximum Gasteiger partial charge on any atom is 0.191 e. The maximum atomic E-state index is 8.77. The van der Waals surface area contributed by atoms with Crippen LogP contribution >= 0.6 is 0 Å². The van der Waals surface area contributed by atoms with Gasteiger partial charge >= 0.3 is 0 Å². The van der Waals surface area contributed by atoms with Crippen LogP contribution in [-0.2, 0) is 6.54 Å². The molecule has 1 aliphatic rings. The van der Waals surface area contributed by atoms with Gasteiger partial charge in [0, 0.05) is 12.6 Å². The zero-order valence-electron chi connectivity index (χ0n) is 9.20. The molecule has 82 valence electrons. The molecule has 1 unspecified atom stereocenters. The standard InChI is InChI=1S/C12H14N4/c1-9-7-14-12(16-9)15-8-11-4-2-3-10(5-11)6-13/h2-5,9H,7-8H2,1H3,(H2,14,15,16). The third-order valence-electron chi connectivity index (χ3n) is 2.42. The Balaban J connectivity index is 1.92. The zero-order valence-corrected chi connectivity index (χ0v) is 9.20. The van der Waals surface area contributed by atoms with E-state index in [1.807, 2.05) is 18.2 Å². The molecule has 1 aromatic carbocycles. The second kappa shape index (κ2) is 4.67. The van der Waals surface area contributed by atoms with Crippen molar-refractivity contribution in [3.05, 3.63) is 35.4 Å². The van der Waals surface area contributed by atoms with Crippen LogP contribution in [0.5, 0.6) is 0 Å². The number of nitrogens with one attached hydrogen (secondary N) is 2. The van der Waals surface area contributed by atoms with Crippen molar-refractivity contribution in [2.24, 2.45) is 4.99 Å². The van der Waals surface area contributed by atoms with E-state index in [1.54, 1.807) is 6.07 Å². The molecule has 0 saturated heterocycles. The van der Waals surface area contributed by atoms with Gasteiger partial charge in [0.05, 0.1) is 18.2 Å². The molecule has 1 aromatic rings. The van der Waals surface area contributed by atoms with Gasteiger partial charge in [-0.2, -0.15) is 5.26 Å². The quantitative estimate of drug-likeness (QED) is 0.772. The molecule has 4 nitrogen and oxygen atoms in total. The first-order valence-corrected chi connectivity index (χ1v) is 5.32. The summed E-state index contributed by atoms with van der Waals surface area (Å²) in [7, 11) is 0. The van der Waals surface area contributed by atoms with Crippen LogP contribution in [0.15, 0.2) is 29.3 Å². The first-order valence-electron chi connectivity index (χ1n) is 5.32. The van der Waals surface area contributed by atoms with E-state index in [4.69, 9.17) is 5.26 Å². The molecule has 2 rings (SSSR count). The number of benzene rings is 1. The van der Waals surface area contributed by atoms with Gasteiger partial charge in [0.2, 0.25) is 0 Å². The summed E-state index contributed by atoms with van der Waals surface area (Å²) in [6.45, 7) is 3.60. The Morgan fingerprint density at radius 3 is 3.19 bits per heavy atom. The predicted octanol–water partition coefficient (Wildman–Crippen LogP) is 0.996. The summed E-state index contributed by atoms with van der Waals surface area (Å²) in [5.41, 5.74) is 1.78. The number of nitrogens with zero attached hydrogens (tertiary/aromatic N) is 2. The lowest BCUT2D eigenvalue weighted by Crippen LogP contribution is -2.37. The van der Waals surface area contributed by atoms with Crippen molar-refractivity contribution in [2.75, 3.05) is 6.54 Å². The average molecular weight is 214 g/mol. The summed E-state index contributed by atoms with van der Waals surface area (Å²) >= 11 is 0. The molecule has 0 saturated carbocycles. The van der Waals surface area contributed by atoms with Crippen molar-refractivity contribution < 1.29 is 0 Å². The highest BCUT2D eigenvalue weighted by atomic mass is 15.2. The third kappa shape index (κ3) is 2.51. The monoisotopic (exact) mass is 214 g/mol. The Morgan fingerprint density at radius 1 is 1.62 bits per heavy atom. The van der Waals surface area contributed by atoms with Crippen LogP contribution in [-0.4, -0.2) is 18.5 Å². The molecule has 0 spiro atoms. The summed E-state index contributed by atoms with van der Waals surface area (Å²) in [4.78, 5) is 4.30. The van der Waals surface area contributed by atoms with E-state index in [9.17, 15) is 0 Å². The summed E-state index contributed by atoms with van der Waals surface area (Å²) in [5.74, 6) is 0.842. The van der Waals surface area contributed by atoms with E-state index in [1.165, 1.54) is 0 Å². The fourth-order valence-corrected chi connectivity index (χ4v) is 1.60. The predicted molar refractivity (Wildman–Crippen MR) is 62.9 cm³/mol. The highest BCUT2D eigenvalue weighted by Crippen LogP contribution is 2.04. The fourth-order valence-electron chi connectivity index (χ4n) is 1.60. The fraction of sp³-hybridized carbons (Fsp3) is 0.333. The maximum absolute atomic E-state index is 8.77. The average Bonchev–Trinajstić information content (AvgIpc) is 2.73. The minimum absolute atomic E-state index is 0.410. The number of hydrogen-bond donors (Lipinski definition) is 2. The van der Waals surface area contributed by atoms with E-state index >= 15 is 0 Å². The Kier molecular flexibility index (Phi) is 3.06. The third-order valence-corrected chi connectivity index (χ3v) is 2.42. The summed E-state index contributed by atoms with van der Waals surface area (Å²) in [5, 5.41) is 15.2. The van der Waals surface area contributed by atoms with Crippen molar-refractivity contribution in [1.82, 2.24) is 10.6 Å². The van der Waals surface area contributed by atoms with Crippen molar-refractivity contribution >= 4 is 5.96 Å². The first-order chi connectivity index (χ1) is 7.78. The van der Waals surface area contributed by atoms with E-state index in [2.05, 4.69) is 28.6 Å². The van der Waals surface area contributed by atoms with Crippen LogP contribution in [0, 0.1) is 11.3 Å². The topological polar surface area (TPSA) is 60.2 Å². The lowest BCUT2D eigenvalue weighted by atomic mass is 10.1. The van der Waals surface area contributed by atoms with Gasteiger partial charge in [-0.15, -0.1) is 0 Å². The smallest absolute Gasteiger partial charge is 0.191 e. The van der Waals surface area contributed by atoms with Crippen molar-refractivity contribution in [2.45, 2.75) is 19.5 Å². The highest BCUT2D eigenvalue weighted by molar-refractivity contribution is 5.81. The Labute approximate surface area is 95.0 Å². The van der Waals surface area contributed by atoms with E-state index in [0.29, 0.717) is 18.2 Å². The molecule has 1 heterocycles.